The lowest BCUT2D eigenvalue weighted by atomic mass is 9.96. The molecule has 2 N–H and O–H groups in total. The Kier molecular flexibility index (Phi) is 2.39. The molecule has 0 spiro atoms. The molecule has 2 aliphatic carbocycles. The summed E-state index contributed by atoms with van der Waals surface area (Å²) in [5, 5.41) is 15.4. The summed E-state index contributed by atoms with van der Waals surface area (Å²) in [6, 6.07) is 0. The number of carboxylic acids is 1. The third-order valence-corrected chi connectivity index (χ3v) is 3.68. The molecule has 6 nitrogen and oxygen atoms in total. The van der Waals surface area contributed by atoms with Gasteiger partial charge in [0.2, 0.25) is 0 Å². The molecule has 3 rings (SSSR count). The number of aliphatic carboxylic acids is 1. The molecule has 0 atom stereocenters. The minimum atomic E-state index is -1.07. The highest BCUT2D eigenvalue weighted by molar-refractivity contribution is 5.98. The SMILES string of the molecule is O=C(NC1(C(=O)O)CC1)c1noc2c1CCCC2. The van der Waals surface area contributed by atoms with Crippen molar-refractivity contribution in [2.45, 2.75) is 44.1 Å². The van der Waals surface area contributed by atoms with Gasteiger partial charge in [0, 0.05) is 12.0 Å². The lowest BCUT2D eigenvalue weighted by Crippen LogP contribution is -2.43. The molecule has 1 fully saturated rings. The Morgan fingerprint density at radius 1 is 1.28 bits per heavy atom. The van der Waals surface area contributed by atoms with Crippen molar-refractivity contribution >= 4 is 11.9 Å². The van der Waals surface area contributed by atoms with Gasteiger partial charge in [0.25, 0.3) is 5.91 Å². The highest BCUT2D eigenvalue weighted by Gasteiger charge is 2.52. The van der Waals surface area contributed by atoms with Crippen molar-refractivity contribution in [3.8, 4) is 0 Å². The Hall–Kier alpha value is -1.85. The van der Waals surface area contributed by atoms with Crippen molar-refractivity contribution < 1.29 is 19.2 Å². The van der Waals surface area contributed by atoms with Crippen LogP contribution in [-0.4, -0.2) is 27.7 Å². The zero-order valence-electron chi connectivity index (χ0n) is 9.86. The summed E-state index contributed by atoms with van der Waals surface area (Å²) >= 11 is 0. The monoisotopic (exact) mass is 250 g/mol. The number of fused-ring (bicyclic) bond motifs is 1. The Bertz CT molecular complexity index is 516. The maximum atomic E-state index is 12.0. The summed E-state index contributed by atoms with van der Waals surface area (Å²) in [7, 11) is 0. The number of aromatic nitrogens is 1. The van der Waals surface area contributed by atoms with Gasteiger partial charge in [-0.3, -0.25) is 4.79 Å². The first kappa shape index (κ1) is 11.3. The maximum absolute atomic E-state index is 12.0. The van der Waals surface area contributed by atoms with Gasteiger partial charge in [0.05, 0.1) is 0 Å². The number of nitrogens with one attached hydrogen (secondary N) is 1. The summed E-state index contributed by atoms with van der Waals surface area (Å²) in [5.74, 6) is -0.637. The van der Waals surface area contributed by atoms with E-state index in [1.165, 1.54) is 0 Å². The molecule has 1 aromatic heterocycles. The van der Waals surface area contributed by atoms with Crippen LogP contribution in [0.4, 0.5) is 0 Å². The lowest BCUT2D eigenvalue weighted by Gasteiger charge is -2.12. The predicted molar refractivity (Wildman–Crippen MR) is 60.2 cm³/mol. The minimum Gasteiger partial charge on any atom is -0.480 e. The fourth-order valence-electron chi connectivity index (χ4n) is 2.36. The fourth-order valence-corrected chi connectivity index (χ4v) is 2.36. The van der Waals surface area contributed by atoms with E-state index in [1.807, 2.05) is 0 Å². The molecule has 0 radical (unpaired) electrons. The summed E-state index contributed by atoms with van der Waals surface area (Å²) < 4.78 is 5.15. The quantitative estimate of drug-likeness (QED) is 0.831. The number of nitrogens with zero attached hydrogens (tertiary/aromatic N) is 1. The second-order valence-corrected chi connectivity index (χ2v) is 4.98. The number of carbonyl (C=O) groups excluding carboxylic acids is 1. The van der Waals surface area contributed by atoms with Gasteiger partial charge < -0.3 is 14.9 Å². The number of hydrogen-bond acceptors (Lipinski definition) is 4. The van der Waals surface area contributed by atoms with E-state index >= 15 is 0 Å². The van der Waals surface area contributed by atoms with Gasteiger partial charge in [-0.05, 0) is 32.1 Å². The first-order valence-electron chi connectivity index (χ1n) is 6.16. The third kappa shape index (κ3) is 1.68. The van der Waals surface area contributed by atoms with Gasteiger partial charge in [-0.1, -0.05) is 5.16 Å². The van der Waals surface area contributed by atoms with Crippen LogP contribution in [0.3, 0.4) is 0 Å². The molecule has 0 bridgehead atoms. The maximum Gasteiger partial charge on any atom is 0.329 e. The van der Waals surface area contributed by atoms with Crippen LogP contribution >= 0.6 is 0 Å². The van der Waals surface area contributed by atoms with Gasteiger partial charge in [-0.25, -0.2) is 4.79 Å². The molecular formula is C12H14N2O4. The summed E-state index contributed by atoms with van der Waals surface area (Å²) in [5.41, 5.74) is 0.0366. The molecule has 0 saturated heterocycles. The molecule has 6 heteroatoms. The summed E-state index contributed by atoms with van der Waals surface area (Å²) in [6.45, 7) is 0. The number of aryl methyl sites for hydroxylation is 1. The highest BCUT2D eigenvalue weighted by Crippen LogP contribution is 2.36. The molecule has 1 heterocycles. The van der Waals surface area contributed by atoms with Gasteiger partial charge in [-0.2, -0.15) is 0 Å². The fraction of sp³-hybridized carbons (Fsp3) is 0.583. The standard InChI is InChI=1S/C12H14N2O4/c15-10(13-12(5-6-12)11(16)17)9-7-3-1-2-4-8(7)18-14-9/h1-6H2,(H,13,15)(H,16,17). The number of carbonyl (C=O) groups is 2. The van der Waals surface area contributed by atoms with Gasteiger partial charge in [-0.15, -0.1) is 0 Å². The first-order valence-corrected chi connectivity index (χ1v) is 6.16. The van der Waals surface area contributed by atoms with Crippen LogP contribution in [0.5, 0.6) is 0 Å². The number of carboxylic acid groups (broad SMARTS) is 1. The summed E-state index contributed by atoms with van der Waals surface area (Å²) in [6.07, 6.45) is 4.60. The molecule has 1 amide bonds. The van der Waals surface area contributed by atoms with E-state index in [0.29, 0.717) is 12.8 Å². The summed E-state index contributed by atoms with van der Waals surface area (Å²) in [4.78, 5) is 23.1. The van der Waals surface area contributed by atoms with Crippen LogP contribution in [0.25, 0.3) is 0 Å². The highest BCUT2D eigenvalue weighted by atomic mass is 16.5. The van der Waals surface area contributed by atoms with Gasteiger partial charge in [0.15, 0.2) is 5.69 Å². The van der Waals surface area contributed by atoms with Crippen LogP contribution < -0.4 is 5.32 Å². The van der Waals surface area contributed by atoms with Crippen molar-refractivity contribution in [3.05, 3.63) is 17.0 Å². The molecule has 0 aliphatic heterocycles. The smallest absolute Gasteiger partial charge is 0.329 e. The van der Waals surface area contributed by atoms with Crippen LogP contribution in [0, 0.1) is 0 Å². The van der Waals surface area contributed by atoms with Crippen molar-refractivity contribution in [2.24, 2.45) is 0 Å². The number of rotatable bonds is 3. The third-order valence-electron chi connectivity index (χ3n) is 3.68. The Balaban J connectivity index is 1.81. The predicted octanol–water partition coefficient (Wildman–Crippen LogP) is 0.900. The topological polar surface area (TPSA) is 92.4 Å². The zero-order valence-corrected chi connectivity index (χ0v) is 9.86. The van der Waals surface area contributed by atoms with E-state index in [2.05, 4.69) is 10.5 Å². The first-order chi connectivity index (χ1) is 8.62. The van der Waals surface area contributed by atoms with Crippen LogP contribution in [0.1, 0.15) is 47.5 Å². The molecule has 1 aromatic rings. The Morgan fingerprint density at radius 2 is 2.00 bits per heavy atom. The van der Waals surface area contributed by atoms with Crippen molar-refractivity contribution in [1.82, 2.24) is 10.5 Å². The van der Waals surface area contributed by atoms with Crippen LogP contribution in [0.15, 0.2) is 4.52 Å². The van der Waals surface area contributed by atoms with E-state index in [0.717, 1.165) is 37.0 Å². The number of hydrogen-bond donors (Lipinski definition) is 2. The van der Waals surface area contributed by atoms with Gasteiger partial charge >= 0.3 is 5.97 Å². The number of amides is 1. The lowest BCUT2D eigenvalue weighted by molar-refractivity contribution is -0.140. The normalized spacial score (nSPS) is 20.0. The average molecular weight is 250 g/mol. The molecule has 18 heavy (non-hydrogen) atoms. The van der Waals surface area contributed by atoms with E-state index in [4.69, 9.17) is 9.63 Å². The Labute approximate surface area is 103 Å². The van der Waals surface area contributed by atoms with Crippen molar-refractivity contribution in [3.63, 3.8) is 0 Å². The van der Waals surface area contributed by atoms with Crippen molar-refractivity contribution in [2.75, 3.05) is 0 Å². The minimum absolute atomic E-state index is 0.261. The van der Waals surface area contributed by atoms with Crippen LogP contribution in [0.2, 0.25) is 0 Å². The van der Waals surface area contributed by atoms with Crippen LogP contribution in [-0.2, 0) is 17.6 Å². The zero-order chi connectivity index (χ0) is 12.8. The molecule has 2 aliphatic rings. The second-order valence-electron chi connectivity index (χ2n) is 4.98. The molecule has 0 unspecified atom stereocenters. The molecule has 96 valence electrons. The van der Waals surface area contributed by atoms with Crippen molar-refractivity contribution in [1.29, 1.82) is 0 Å². The molecule has 0 aromatic carbocycles. The largest absolute Gasteiger partial charge is 0.480 e. The molecular weight excluding hydrogens is 236 g/mol. The van der Waals surface area contributed by atoms with Gasteiger partial charge in [0.1, 0.15) is 11.3 Å². The second kappa shape index (κ2) is 3.83. The average Bonchev–Trinajstić information content (AvgIpc) is 3.01. The Morgan fingerprint density at radius 3 is 2.67 bits per heavy atom. The molecule has 1 saturated carbocycles. The van der Waals surface area contributed by atoms with E-state index in [1.54, 1.807) is 0 Å². The van der Waals surface area contributed by atoms with E-state index in [9.17, 15) is 9.59 Å². The van der Waals surface area contributed by atoms with E-state index < -0.39 is 17.4 Å². The van der Waals surface area contributed by atoms with E-state index in [-0.39, 0.29) is 5.69 Å².